The van der Waals surface area contributed by atoms with E-state index < -0.39 is 0 Å². The first kappa shape index (κ1) is 21.6. The van der Waals surface area contributed by atoms with Gasteiger partial charge in [0.05, 0.1) is 24.6 Å². The van der Waals surface area contributed by atoms with Crippen molar-refractivity contribution >= 4 is 16.6 Å². The summed E-state index contributed by atoms with van der Waals surface area (Å²) in [7, 11) is 4.01. The van der Waals surface area contributed by atoms with Crippen molar-refractivity contribution in [3.05, 3.63) is 60.2 Å². The Bertz CT molecular complexity index is 1240. The number of nitrogens with zero attached hydrogens (tertiary/aromatic N) is 6. The first-order valence-electron chi connectivity index (χ1n) is 11.7. The van der Waals surface area contributed by atoms with Gasteiger partial charge in [-0.05, 0) is 60.5 Å². The molecule has 0 aliphatic carbocycles. The van der Waals surface area contributed by atoms with E-state index in [0.29, 0.717) is 12.0 Å². The van der Waals surface area contributed by atoms with E-state index in [0.717, 1.165) is 23.5 Å². The average Bonchev–Trinajstić information content (AvgIpc) is 3.41. The average molecular weight is 444 g/mol. The number of anilines is 1. The molecule has 0 atom stereocenters. The Morgan fingerprint density at radius 1 is 1.03 bits per heavy atom. The number of pyridine rings is 1. The summed E-state index contributed by atoms with van der Waals surface area (Å²) < 4.78 is 1.89. The van der Waals surface area contributed by atoms with Crippen LogP contribution in [-0.2, 0) is 13.1 Å². The van der Waals surface area contributed by atoms with Gasteiger partial charge in [-0.1, -0.05) is 31.2 Å². The number of likely N-dealkylation sites (tertiary alicyclic amines) is 1. The highest BCUT2D eigenvalue weighted by molar-refractivity contribution is 5.81. The normalized spacial score (nSPS) is 16.4. The van der Waals surface area contributed by atoms with Crippen LogP contribution in [0.4, 0.5) is 5.69 Å². The number of hydrogen-bond acceptors (Lipinski definition) is 5. The number of H-pyrrole nitrogens is 1. The van der Waals surface area contributed by atoms with Crippen molar-refractivity contribution in [3.8, 4) is 11.3 Å². The highest BCUT2D eigenvalue weighted by atomic mass is 15.4. The second-order valence-corrected chi connectivity index (χ2v) is 10.3. The quantitative estimate of drug-likeness (QED) is 0.473. The van der Waals surface area contributed by atoms with E-state index in [2.05, 4.69) is 69.4 Å². The summed E-state index contributed by atoms with van der Waals surface area (Å²) in [6, 6.07) is 11.0. The zero-order chi connectivity index (χ0) is 23.0. The molecule has 1 saturated heterocycles. The second kappa shape index (κ2) is 8.63. The summed E-state index contributed by atoms with van der Waals surface area (Å²) in [4.78, 5) is 12.6. The van der Waals surface area contributed by atoms with Gasteiger partial charge in [0.25, 0.3) is 0 Å². The molecule has 3 aromatic heterocycles. The molecule has 1 aliphatic heterocycles. The summed E-state index contributed by atoms with van der Waals surface area (Å²) in [6.07, 6.45) is 8.20. The third-order valence-corrected chi connectivity index (χ3v) is 6.77. The Balaban J connectivity index is 1.28. The summed E-state index contributed by atoms with van der Waals surface area (Å²) >= 11 is 0. The van der Waals surface area contributed by atoms with Crippen LogP contribution in [0.1, 0.15) is 37.9 Å². The third kappa shape index (κ3) is 4.93. The van der Waals surface area contributed by atoms with E-state index >= 15 is 0 Å². The van der Waals surface area contributed by atoms with E-state index in [4.69, 9.17) is 0 Å². The van der Waals surface area contributed by atoms with Crippen LogP contribution in [0.3, 0.4) is 0 Å². The van der Waals surface area contributed by atoms with Crippen LogP contribution in [0.15, 0.2) is 48.9 Å². The number of aromatic nitrogens is 5. The third-order valence-electron chi connectivity index (χ3n) is 6.77. The molecule has 0 radical (unpaired) electrons. The zero-order valence-corrected chi connectivity index (χ0v) is 20.0. The van der Waals surface area contributed by atoms with Crippen molar-refractivity contribution in [3.63, 3.8) is 0 Å². The number of nitrogens with one attached hydrogen (secondary N) is 1. The topological polar surface area (TPSA) is 65.9 Å². The van der Waals surface area contributed by atoms with E-state index in [1.54, 1.807) is 0 Å². The lowest BCUT2D eigenvalue weighted by molar-refractivity contribution is 0.126. The standard InChI is InChI=1S/C26H33N7/c1-26(2)7-9-32(10-8-26)17-22-12-20-6-5-19(11-24(20)28-22)16-33-18-25(29-30-33)21-13-23(31(3)4)15-27-14-21/h5-6,11-15,18,28H,7-10,16-17H2,1-4H3. The van der Waals surface area contributed by atoms with Crippen LogP contribution in [0.5, 0.6) is 0 Å². The second-order valence-electron chi connectivity index (χ2n) is 10.3. The van der Waals surface area contributed by atoms with Gasteiger partial charge in [0.2, 0.25) is 0 Å². The molecule has 33 heavy (non-hydrogen) atoms. The molecule has 4 heterocycles. The predicted octanol–water partition coefficient (Wildman–Crippen LogP) is 4.56. The minimum Gasteiger partial charge on any atom is -0.376 e. The predicted molar refractivity (Wildman–Crippen MR) is 133 cm³/mol. The largest absolute Gasteiger partial charge is 0.376 e. The molecule has 0 bridgehead atoms. The maximum Gasteiger partial charge on any atom is 0.114 e. The SMILES string of the molecule is CN(C)c1cncc(-c2cn(Cc3ccc4cc(CN5CCC(C)(C)CC5)[nH]c4c3)nn2)c1. The van der Waals surface area contributed by atoms with Crippen molar-refractivity contribution < 1.29 is 0 Å². The zero-order valence-electron chi connectivity index (χ0n) is 20.0. The number of benzene rings is 1. The molecule has 1 fully saturated rings. The molecular weight excluding hydrogens is 410 g/mol. The fraction of sp³-hybridized carbons (Fsp3) is 0.423. The van der Waals surface area contributed by atoms with E-state index in [1.165, 1.54) is 48.1 Å². The smallest absolute Gasteiger partial charge is 0.114 e. The lowest BCUT2D eigenvalue weighted by atomic mass is 9.83. The molecular formula is C26H33N7. The highest BCUT2D eigenvalue weighted by Crippen LogP contribution is 2.30. The van der Waals surface area contributed by atoms with Gasteiger partial charge in [-0.15, -0.1) is 5.10 Å². The molecule has 1 aliphatic rings. The monoisotopic (exact) mass is 443 g/mol. The van der Waals surface area contributed by atoms with Crippen LogP contribution < -0.4 is 4.90 Å². The Labute approximate surface area is 195 Å². The maximum absolute atomic E-state index is 4.37. The number of hydrogen-bond donors (Lipinski definition) is 1. The first-order valence-corrected chi connectivity index (χ1v) is 11.7. The van der Waals surface area contributed by atoms with Gasteiger partial charge < -0.3 is 9.88 Å². The molecule has 172 valence electrons. The van der Waals surface area contributed by atoms with Crippen LogP contribution in [0, 0.1) is 5.41 Å². The summed E-state index contributed by atoms with van der Waals surface area (Å²) in [6.45, 7) is 8.78. The van der Waals surface area contributed by atoms with Gasteiger partial charge in [0.15, 0.2) is 0 Å². The van der Waals surface area contributed by atoms with Gasteiger partial charge in [-0.3, -0.25) is 9.88 Å². The van der Waals surface area contributed by atoms with E-state index in [9.17, 15) is 0 Å². The van der Waals surface area contributed by atoms with E-state index in [-0.39, 0.29) is 0 Å². The van der Waals surface area contributed by atoms with Gasteiger partial charge in [0.1, 0.15) is 5.69 Å². The van der Waals surface area contributed by atoms with Crippen molar-refractivity contribution in [2.24, 2.45) is 5.41 Å². The minimum absolute atomic E-state index is 0.485. The lowest BCUT2D eigenvalue weighted by Crippen LogP contribution is -2.36. The number of aromatic amines is 1. The fourth-order valence-corrected chi connectivity index (χ4v) is 4.48. The summed E-state index contributed by atoms with van der Waals surface area (Å²) in [5.41, 5.74) is 7.01. The molecule has 5 rings (SSSR count). The molecule has 0 spiro atoms. The lowest BCUT2D eigenvalue weighted by Gasteiger charge is -2.36. The van der Waals surface area contributed by atoms with Gasteiger partial charge in [0, 0.05) is 43.6 Å². The van der Waals surface area contributed by atoms with Crippen LogP contribution >= 0.6 is 0 Å². The molecule has 7 nitrogen and oxygen atoms in total. The Morgan fingerprint density at radius 2 is 1.85 bits per heavy atom. The Morgan fingerprint density at radius 3 is 2.64 bits per heavy atom. The fourth-order valence-electron chi connectivity index (χ4n) is 4.48. The number of fused-ring (bicyclic) bond motifs is 1. The van der Waals surface area contributed by atoms with Gasteiger partial charge in [-0.25, -0.2) is 4.68 Å². The van der Waals surface area contributed by atoms with Crippen LogP contribution in [-0.4, -0.2) is 57.0 Å². The number of rotatable bonds is 6. The van der Waals surface area contributed by atoms with Crippen LogP contribution in [0.2, 0.25) is 0 Å². The first-order chi connectivity index (χ1) is 15.8. The van der Waals surface area contributed by atoms with Crippen molar-refractivity contribution in [1.82, 2.24) is 29.9 Å². The minimum atomic E-state index is 0.485. The summed E-state index contributed by atoms with van der Waals surface area (Å²) in [5, 5.41) is 9.97. The molecule has 1 N–H and O–H groups in total. The molecule has 0 amide bonds. The highest BCUT2D eigenvalue weighted by Gasteiger charge is 2.25. The Kier molecular flexibility index (Phi) is 5.66. The molecule has 1 aromatic carbocycles. The van der Waals surface area contributed by atoms with Gasteiger partial charge >= 0.3 is 0 Å². The Hall–Kier alpha value is -3.19. The van der Waals surface area contributed by atoms with Crippen molar-refractivity contribution in [1.29, 1.82) is 0 Å². The van der Waals surface area contributed by atoms with Crippen LogP contribution in [0.25, 0.3) is 22.2 Å². The van der Waals surface area contributed by atoms with Gasteiger partial charge in [-0.2, -0.15) is 0 Å². The van der Waals surface area contributed by atoms with E-state index in [1.807, 2.05) is 42.3 Å². The van der Waals surface area contributed by atoms with Crippen molar-refractivity contribution in [2.75, 3.05) is 32.1 Å². The van der Waals surface area contributed by atoms with Crippen molar-refractivity contribution in [2.45, 2.75) is 39.8 Å². The molecule has 0 unspecified atom stereocenters. The summed E-state index contributed by atoms with van der Waals surface area (Å²) in [5.74, 6) is 0. The number of piperidine rings is 1. The molecule has 4 aromatic rings. The maximum atomic E-state index is 4.37. The molecule has 0 saturated carbocycles. The molecule has 7 heteroatoms.